The van der Waals surface area contributed by atoms with Gasteiger partial charge in [-0.15, -0.1) is 0 Å². The maximum Gasteiger partial charge on any atom is 0.123 e. The minimum Gasteiger partial charge on any atom is -0.207 e. The van der Waals surface area contributed by atoms with Gasteiger partial charge in [-0.3, -0.25) is 0 Å². The molecule has 0 aliphatic heterocycles. The van der Waals surface area contributed by atoms with E-state index in [0.717, 1.165) is 6.42 Å². The third kappa shape index (κ3) is 2.71. The molecule has 0 aliphatic carbocycles. The van der Waals surface area contributed by atoms with Crippen molar-refractivity contribution in [2.24, 2.45) is 5.92 Å². The zero-order valence-corrected chi connectivity index (χ0v) is 6.97. The molecule has 0 amide bonds. The predicted octanol–water partition coefficient (Wildman–Crippen LogP) is 3.27. The average Bonchev–Trinajstić information content (AvgIpc) is 2.12. The van der Waals surface area contributed by atoms with Gasteiger partial charge in [0.05, 0.1) is 0 Å². The van der Waals surface area contributed by atoms with E-state index in [1.807, 2.05) is 12.1 Å². The van der Waals surface area contributed by atoms with Gasteiger partial charge in [-0.25, -0.2) is 4.39 Å². The van der Waals surface area contributed by atoms with E-state index < -0.39 is 0 Å². The molecule has 0 aromatic heterocycles. The van der Waals surface area contributed by atoms with Crippen LogP contribution in [0.4, 0.5) is 4.39 Å². The predicted molar refractivity (Wildman–Crippen MR) is 47.1 cm³/mol. The summed E-state index contributed by atoms with van der Waals surface area (Å²) < 4.78 is 22.4. The summed E-state index contributed by atoms with van der Waals surface area (Å²) in [6.07, 6.45) is 1.03. The van der Waals surface area contributed by atoms with Crippen LogP contribution in [0.1, 0.15) is 22.4 Å². The molecular weight excluding hydrogens is 139 g/mol. The molecule has 62 valence electrons. The van der Waals surface area contributed by atoms with Gasteiger partial charge in [0.15, 0.2) is 0 Å². The van der Waals surface area contributed by atoms with Crippen molar-refractivity contribution in [1.82, 2.24) is 0 Å². The number of hydrogen-bond donors (Lipinski definition) is 0. The molecule has 0 heterocycles. The Morgan fingerprint density at radius 1 is 1.36 bits per heavy atom. The van der Waals surface area contributed by atoms with Gasteiger partial charge in [-0.2, -0.15) is 0 Å². The van der Waals surface area contributed by atoms with E-state index in [1.54, 1.807) is 0 Å². The molecule has 0 spiro atoms. The van der Waals surface area contributed by atoms with Crippen LogP contribution in [0.15, 0.2) is 24.3 Å². The molecular formula is C10H15F. The molecule has 0 fully saturated rings. The third-order valence-electron chi connectivity index (χ3n) is 1.56. The van der Waals surface area contributed by atoms with Crippen LogP contribution in [0, 0.1) is 11.7 Å². The zero-order valence-electron chi connectivity index (χ0n) is 8.97. The molecule has 0 N–H and O–H groups in total. The van der Waals surface area contributed by atoms with Crippen LogP contribution in [-0.4, -0.2) is 0 Å². The summed E-state index contributed by atoms with van der Waals surface area (Å²) in [5.41, 5.74) is 1.21. The van der Waals surface area contributed by atoms with Crippen LogP contribution in [0.3, 0.4) is 0 Å². The second-order valence-electron chi connectivity index (χ2n) is 3.22. The van der Waals surface area contributed by atoms with Crippen LogP contribution < -0.4 is 0 Å². The summed E-state index contributed by atoms with van der Waals surface area (Å²) in [7, 11) is 0. The van der Waals surface area contributed by atoms with Crippen molar-refractivity contribution in [3.63, 3.8) is 0 Å². The van der Waals surface area contributed by atoms with Gasteiger partial charge < -0.3 is 0 Å². The summed E-state index contributed by atoms with van der Waals surface area (Å²) >= 11 is 0. The normalized spacial score (nSPS) is 11.3. The van der Waals surface area contributed by atoms with Gasteiger partial charge >= 0.3 is 0 Å². The summed E-state index contributed by atoms with van der Waals surface area (Å²) in [5, 5.41) is 0. The van der Waals surface area contributed by atoms with Crippen molar-refractivity contribution in [1.29, 1.82) is 0 Å². The van der Waals surface area contributed by atoms with E-state index in [2.05, 4.69) is 13.8 Å². The first-order chi connectivity index (χ1) is 6.18. The van der Waals surface area contributed by atoms with E-state index in [4.69, 9.17) is 2.97 Å². The van der Waals surface area contributed by atoms with Crippen molar-refractivity contribution < 1.29 is 7.36 Å². The van der Waals surface area contributed by atoms with E-state index in [9.17, 15) is 4.39 Å². The van der Waals surface area contributed by atoms with Crippen molar-refractivity contribution in [2.45, 2.75) is 20.3 Å². The molecule has 1 heteroatoms. The van der Waals surface area contributed by atoms with Gasteiger partial charge in [0.2, 0.25) is 0 Å². The maximum absolute atomic E-state index is 12.4. The van der Waals surface area contributed by atoms with Crippen LogP contribution >= 0.6 is 0 Å². The van der Waals surface area contributed by atoms with Crippen molar-refractivity contribution in [2.75, 3.05) is 0 Å². The van der Waals surface area contributed by atoms with Crippen molar-refractivity contribution in [3.05, 3.63) is 35.6 Å². The van der Waals surface area contributed by atoms with Gasteiger partial charge in [0.25, 0.3) is 0 Å². The summed E-state index contributed by atoms with van der Waals surface area (Å²) in [4.78, 5) is 0. The van der Waals surface area contributed by atoms with Gasteiger partial charge in [0.1, 0.15) is 5.82 Å². The van der Waals surface area contributed by atoms with Crippen LogP contribution in [-0.2, 0) is 6.42 Å². The monoisotopic (exact) mass is 158 g/mol. The number of halogens is 1. The summed E-state index contributed by atoms with van der Waals surface area (Å²) in [6.45, 7) is 4.31. The Hall–Kier alpha value is -0.850. The van der Waals surface area contributed by atoms with E-state index in [0.29, 0.717) is 5.92 Å². The number of hydrogen-bond acceptors (Lipinski definition) is 0. The topological polar surface area (TPSA) is 0 Å². The highest BCUT2D eigenvalue weighted by Crippen LogP contribution is 2.08. The molecule has 0 unspecified atom stereocenters. The Balaban J connectivity index is 0.000000671. The summed E-state index contributed by atoms with van der Waals surface area (Å²) in [5.74, 6) is 0.484. The fourth-order valence-corrected chi connectivity index (χ4v) is 1.09. The van der Waals surface area contributed by atoms with E-state index >= 15 is 0 Å². The SMILES string of the molecule is CC(C)Cc1ccc(F)cc1.[3H][3H]. The standard InChI is InChI=1S/C10H13F.H2/c1-8(2)7-9-3-5-10(11)6-4-9;/h3-6,8H,7H2,1-2H3;1H/i;1+2T. The molecule has 11 heavy (non-hydrogen) atoms. The highest BCUT2D eigenvalue weighted by atomic mass is 19.1. The second-order valence-corrected chi connectivity index (χ2v) is 3.22. The fourth-order valence-electron chi connectivity index (χ4n) is 1.09. The Morgan fingerprint density at radius 2 is 1.91 bits per heavy atom. The third-order valence-corrected chi connectivity index (χ3v) is 1.56. The van der Waals surface area contributed by atoms with Gasteiger partial charge in [-0.1, -0.05) is 26.0 Å². The molecule has 0 nitrogen and oxygen atoms in total. The lowest BCUT2D eigenvalue weighted by atomic mass is 10.0. The van der Waals surface area contributed by atoms with E-state index in [-0.39, 0.29) is 5.82 Å². The van der Waals surface area contributed by atoms with Crippen LogP contribution in [0.2, 0.25) is 0 Å². The Morgan fingerprint density at radius 3 is 2.36 bits per heavy atom. The minimum absolute atomic E-state index is 0.155. The van der Waals surface area contributed by atoms with Gasteiger partial charge in [-0.05, 0) is 30.0 Å². The quantitative estimate of drug-likeness (QED) is 0.619. The van der Waals surface area contributed by atoms with Crippen LogP contribution in [0.5, 0.6) is 0 Å². The highest BCUT2D eigenvalue weighted by molar-refractivity contribution is 5.16. The molecule has 1 aromatic rings. The molecule has 0 saturated heterocycles. The fraction of sp³-hybridized carbons (Fsp3) is 0.400. The highest BCUT2D eigenvalue weighted by Gasteiger charge is 1.96. The zero-order chi connectivity index (χ0) is 10.3. The Bertz CT molecular complexity index is 219. The Kier molecular flexibility index (Phi) is 2.18. The molecule has 0 aliphatic rings. The molecule has 0 bridgehead atoms. The lowest BCUT2D eigenvalue weighted by molar-refractivity contribution is 0.620. The molecule has 0 radical (unpaired) electrons. The average molecular weight is 158 g/mol. The first-order valence-corrected chi connectivity index (χ1v) is 3.93. The van der Waals surface area contributed by atoms with E-state index in [1.165, 1.54) is 17.7 Å². The summed E-state index contributed by atoms with van der Waals surface area (Å²) in [6, 6.07) is 6.71. The van der Waals surface area contributed by atoms with Crippen molar-refractivity contribution >= 4 is 0 Å². The first kappa shape index (κ1) is 6.84. The Labute approximate surface area is 70.1 Å². The number of benzene rings is 1. The van der Waals surface area contributed by atoms with Gasteiger partial charge in [0, 0.05) is 2.97 Å². The smallest absolute Gasteiger partial charge is 0.123 e. The molecule has 1 rings (SSSR count). The lowest BCUT2D eigenvalue weighted by Gasteiger charge is -2.03. The minimum atomic E-state index is -0.155. The lowest BCUT2D eigenvalue weighted by Crippen LogP contribution is -1.93. The second kappa shape index (κ2) is 3.51. The maximum atomic E-state index is 12.4. The first-order valence-electron chi connectivity index (χ1n) is 4.93. The van der Waals surface area contributed by atoms with Crippen LogP contribution in [0.25, 0.3) is 0 Å². The molecule has 1 aromatic carbocycles. The largest absolute Gasteiger partial charge is 0.207 e. The number of rotatable bonds is 2. The molecule has 0 atom stereocenters. The van der Waals surface area contributed by atoms with Crippen molar-refractivity contribution in [3.8, 4) is 0 Å². The molecule has 0 saturated carbocycles.